The van der Waals surface area contributed by atoms with Crippen LogP contribution in [-0.4, -0.2) is 36.9 Å². The largest absolute Gasteiger partial charge is 0.351 e. The molecule has 4 heterocycles. The molecule has 130 valence electrons. The Morgan fingerprint density at radius 2 is 2.20 bits per heavy atom. The summed E-state index contributed by atoms with van der Waals surface area (Å²) in [7, 11) is 0. The molecular formula is C18H21N5O2. The number of carbonyl (C=O) groups is 1. The number of aromatic nitrogens is 4. The summed E-state index contributed by atoms with van der Waals surface area (Å²) in [5.74, 6) is 1.07. The molecule has 1 saturated heterocycles. The van der Waals surface area contributed by atoms with Gasteiger partial charge in [0.15, 0.2) is 0 Å². The van der Waals surface area contributed by atoms with Crippen LogP contribution in [0.5, 0.6) is 0 Å². The predicted molar refractivity (Wildman–Crippen MR) is 91.2 cm³/mol. The Kier molecular flexibility index (Phi) is 3.99. The molecule has 3 aromatic rings. The lowest BCUT2D eigenvalue weighted by molar-refractivity contribution is 0.0564. The minimum absolute atomic E-state index is 0.0597. The number of imidazole rings is 1. The Morgan fingerprint density at radius 1 is 1.32 bits per heavy atom. The van der Waals surface area contributed by atoms with Crippen molar-refractivity contribution in [1.82, 2.24) is 24.4 Å². The fourth-order valence-corrected chi connectivity index (χ4v) is 3.29. The molecule has 1 fully saturated rings. The minimum Gasteiger partial charge on any atom is -0.351 e. The number of likely N-dealkylation sites (tertiary alicyclic amines) is 1. The number of amides is 1. The maximum Gasteiger partial charge on any atom is 0.293 e. The molecule has 0 radical (unpaired) electrons. The minimum atomic E-state index is -0.117. The molecule has 0 bridgehead atoms. The van der Waals surface area contributed by atoms with Gasteiger partial charge in [-0.1, -0.05) is 19.0 Å². The third-order valence-corrected chi connectivity index (χ3v) is 4.72. The summed E-state index contributed by atoms with van der Waals surface area (Å²) in [4.78, 5) is 23.7. The van der Waals surface area contributed by atoms with Gasteiger partial charge in [-0.25, -0.2) is 9.97 Å². The van der Waals surface area contributed by atoms with Crippen LogP contribution in [0.2, 0.25) is 0 Å². The standard InChI is InChI=1S/C18H21N5O2/c1-12(2)14-11-16(25-21-14)17(24)23-8-4-3-5-15(23)13-6-9-22-10-7-19-18(22)20-13/h6-7,9-12,15H,3-5,8H2,1-2H3. The van der Waals surface area contributed by atoms with Gasteiger partial charge in [-0.3, -0.25) is 9.20 Å². The lowest BCUT2D eigenvalue weighted by Crippen LogP contribution is -2.38. The second kappa shape index (κ2) is 6.31. The van der Waals surface area contributed by atoms with Crippen LogP contribution in [0.1, 0.15) is 67.0 Å². The van der Waals surface area contributed by atoms with Crippen LogP contribution in [0.4, 0.5) is 0 Å². The van der Waals surface area contributed by atoms with Crippen LogP contribution in [0, 0.1) is 0 Å². The molecule has 0 aromatic carbocycles. The number of hydrogen-bond acceptors (Lipinski definition) is 5. The maximum absolute atomic E-state index is 13.0. The van der Waals surface area contributed by atoms with E-state index in [1.54, 1.807) is 12.3 Å². The number of piperidine rings is 1. The van der Waals surface area contributed by atoms with E-state index in [4.69, 9.17) is 4.52 Å². The lowest BCUT2D eigenvalue weighted by Gasteiger charge is -2.34. The number of hydrogen-bond donors (Lipinski definition) is 0. The molecular weight excluding hydrogens is 318 g/mol. The molecule has 1 unspecified atom stereocenters. The van der Waals surface area contributed by atoms with Gasteiger partial charge in [0.2, 0.25) is 11.5 Å². The highest BCUT2D eigenvalue weighted by molar-refractivity contribution is 5.91. The van der Waals surface area contributed by atoms with Crippen molar-refractivity contribution in [2.24, 2.45) is 0 Å². The van der Waals surface area contributed by atoms with E-state index < -0.39 is 0 Å². The summed E-state index contributed by atoms with van der Waals surface area (Å²) in [6, 6.07) is 3.66. The van der Waals surface area contributed by atoms with E-state index >= 15 is 0 Å². The topological polar surface area (TPSA) is 76.5 Å². The molecule has 4 rings (SSSR count). The summed E-state index contributed by atoms with van der Waals surface area (Å²) in [5, 5.41) is 4.01. The SMILES string of the molecule is CC(C)c1cc(C(=O)N2CCCCC2c2ccn3ccnc3n2)on1. The molecule has 1 aliphatic rings. The molecule has 3 aromatic heterocycles. The van der Waals surface area contributed by atoms with Gasteiger partial charge < -0.3 is 9.42 Å². The Labute approximate surface area is 145 Å². The van der Waals surface area contributed by atoms with Gasteiger partial charge in [-0.2, -0.15) is 0 Å². The van der Waals surface area contributed by atoms with Gasteiger partial charge in [0.1, 0.15) is 0 Å². The fraction of sp³-hybridized carbons (Fsp3) is 0.444. The van der Waals surface area contributed by atoms with Crippen molar-refractivity contribution in [2.45, 2.75) is 45.1 Å². The number of carbonyl (C=O) groups excluding carboxylic acids is 1. The van der Waals surface area contributed by atoms with Gasteiger partial charge in [0, 0.05) is 31.2 Å². The summed E-state index contributed by atoms with van der Waals surface area (Å²) in [6.07, 6.45) is 8.46. The summed E-state index contributed by atoms with van der Waals surface area (Å²) in [5.41, 5.74) is 1.67. The smallest absolute Gasteiger partial charge is 0.293 e. The number of fused-ring (bicyclic) bond motifs is 1. The Hall–Kier alpha value is -2.70. The maximum atomic E-state index is 13.0. The van der Waals surface area contributed by atoms with E-state index in [9.17, 15) is 4.79 Å². The highest BCUT2D eigenvalue weighted by Gasteiger charge is 2.32. The monoisotopic (exact) mass is 339 g/mol. The van der Waals surface area contributed by atoms with Gasteiger partial charge in [-0.15, -0.1) is 0 Å². The van der Waals surface area contributed by atoms with Crippen molar-refractivity contribution in [3.8, 4) is 0 Å². The molecule has 0 saturated carbocycles. The summed E-state index contributed by atoms with van der Waals surface area (Å²) >= 11 is 0. The first-order chi connectivity index (χ1) is 12.1. The van der Waals surface area contributed by atoms with Crippen molar-refractivity contribution in [3.63, 3.8) is 0 Å². The Morgan fingerprint density at radius 3 is 3.00 bits per heavy atom. The molecule has 7 heteroatoms. The van der Waals surface area contributed by atoms with Crippen molar-refractivity contribution < 1.29 is 9.32 Å². The second-order valence-corrected chi connectivity index (χ2v) is 6.77. The molecule has 0 N–H and O–H groups in total. The zero-order valence-electron chi connectivity index (χ0n) is 14.4. The van der Waals surface area contributed by atoms with E-state index in [0.29, 0.717) is 18.1 Å². The van der Waals surface area contributed by atoms with Crippen LogP contribution in [-0.2, 0) is 0 Å². The quantitative estimate of drug-likeness (QED) is 0.732. The van der Waals surface area contributed by atoms with Crippen LogP contribution in [0.15, 0.2) is 35.2 Å². The van der Waals surface area contributed by atoms with Crippen LogP contribution in [0.3, 0.4) is 0 Å². The van der Waals surface area contributed by atoms with Crippen molar-refractivity contribution in [3.05, 3.63) is 47.9 Å². The zero-order valence-corrected chi connectivity index (χ0v) is 14.4. The molecule has 1 atom stereocenters. The van der Waals surface area contributed by atoms with Crippen LogP contribution < -0.4 is 0 Å². The second-order valence-electron chi connectivity index (χ2n) is 6.77. The van der Waals surface area contributed by atoms with Gasteiger partial charge in [0.25, 0.3) is 5.91 Å². The molecule has 25 heavy (non-hydrogen) atoms. The van der Waals surface area contributed by atoms with Crippen molar-refractivity contribution in [1.29, 1.82) is 0 Å². The van der Waals surface area contributed by atoms with E-state index in [0.717, 1.165) is 30.7 Å². The zero-order chi connectivity index (χ0) is 17.4. The van der Waals surface area contributed by atoms with Gasteiger partial charge in [-0.05, 0) is 31.2 Å². The summed E-state index contributed by atoms with van der Waals surface area (Å²) in [6.45, 7) is 4.75. The molecule has 0 spiro atoms. The highest BCUT2D eigenvalue weighted by Crippen LogP contribution is 2.31. The molecule has 7 nitrogen and oxygen atoms in total. The van der Waals surface area contributed by atoms with Gasteiger partial charge in [0.05, 0.1) is 17.4 Å². The Bertz CT molecular complexity index is 898. The normalized spacial score (nSPS) is 18.2. The molecule has 0 aliphatic carbocycles. The number of nitrogens with zero attached hydrogens (tertiary/aromatic N) is 5. The third kappa shape index (κ3) is 2.90. The lowest BCUT2D eigenvalue weighted by atomic mass is 9.98. The first kappa shape index (κ1) is 15.8. The van der Waals surface area contributed by atoms with E-state index in [1.807, 2.05) is 41.6 Å². The Balaban J connectivity index is 1.64. The van der Waals surface area contributed by atoms with E-state index in [-0.39, 0.29) is 17.9 Å². The fourth-order valence-electron chi connectivity index (χ4n) is 3.29. The average molecular weight is 339 g/mol. The van der Waals surface area contributed by atoms with Gasteiger partial charge >= 0.3 is 0 Å². The predicted octanol–water partition coefficient (Wildman–Crippen LogP) is 3.21. The number of rotatable bonds is 3. The average Bonchev–Trinajstić information content (AvgIpc) is 3.29. The molecule has 1 amide bonds. The van der Waals surface area contributed by atoms with E-state index in [2.05, 4.69) is 15.1 Å². The van der Waals surface area contributed by atoms with Crippen LogP contribution >= 0.6 is 0 Å². The van der Waals surface area contributed by atoms with Crippen molar-refractivity contribution in [2.75, 3.05) is 6.54 Å². The third-order valence-electron chi connectivity index (χ3n) is 4.72. The first-order valence-corrected chi connectivity index (χ1v) is 8.70. The first-order valence-electron chi connectivity index (χ1n) is 8.70. The van der Waals surface area contributed by atoms with Crippen molar-refractivity contribution >= 4 is 11.7 Å². The molecule has 1 aliphatic heterocycles. The van der Waals surface area contributed by atoms with Crippen LogP contribution in [0.25, 0.3) is 5.78 Å². The highest BCUT2D eigenvalue weighted by atomic mass is 16.5. The van der Waals surface area contributed by atoms with E-state index in [1.165, 1.54) is 0 Å². The summed E-state index contributed by atoms with van der Waals surface area (Å²) < 4.78 is 7.17.